The highest BCUT2D eigenvalue weighted by molar-refractivity contribution is 7.13. The van der Waals surface area contributed by atoms with E-state index < -0.39 is 0 Å². The van der Waals surface area contributed by atoms with Crippen molar-refractivity contribution < 1.29 is 4.79 Å². The summed E-state index contributed by atoms with van der Waals surface area (Å²) in [6, 6.07) is 19.2. The van der Waals surface area contributed by atoms with E-state index in [-0.39, 0.29) is 5.91 Å². The van der Waals surface area contributed by atoms with Gasteiger partial charge in [-0.25, -0.2) is 4.98 Å². The van der Waals surface area contributed by atoms with Gasteiger partial charge in [0.1, 0.15) is 5.01 Å². The summed E-state index contributed by atoms with van der Waals surface area (Å²) in [7, 11) is 0. The topological polar surface area (TPSA) is 33.2 Å². The molecule has 0 spiro atoms. The normalized spacial score (nSPS) is 13.7. The monoisotopic (exact) mass is 390 g/mol. The minimum absolute atomic E-state index is 0.181. The zero-order chi connectivity index (χ0) is 19.5. The highest BCUT2D eigenvalue weighted by atomic mass is 32.1. The molecule has 0 bridgehead atoms. The Balaban J connectivity index is 1.44. The Morgan fingerprint density at radius 1 is 1.11 bits per heavy atom. The molecule has 1 saturated carbocycles. The van der Waals surface area contributed by atoms with Crippen molar-refractivity contribution in [2.24, 2.45) is 0 Å². The second kappa shape index (κ2) is 8.27. The molecule has 144 valence electrons. The summed E-state index contributed by atoms with van der Waals surface area (Å²) in [5.74, 6) is 0.707. The van der Waals surface area contributed by atoms with E-state index in [1.807, 2.05) is 28.5 Å². The van der Waals surface area contributed by atoms with Crippen molar-refractivity contribution in [1.82, 2.24) is 9.88 Å². The van der Waals surface area contributed by atoms with Gasteiger partial charge in [-0.1, -0.05) is 68.4 Å². The van der Waals surface area contributed by atoms with Gasteiger partial charge in [-0.3, -0.25) is 4.79 Å². The fourth-order valence-electron chi connectivity index (χ4n) is 3.37. The maximum Gasteiger partial charge on any atom is 0.229 e. The first kappa shape index (κ1) is 18.9. The van der Waals surface area contributed by atoms with Crippen molar-refractivity contribution >= 4 is 17.2 Å². The van der Waals surface area contributed by atoms with Gasteiger partial charge >= 0.3 is 0 Å². The molecule has 3 nitrogen and oxygen atoms in total. The first-order chi connectivity index (χ1) is 13.6. The van der Waals surface area contributed by atoms with Crippen molar-refractivity contribution in [3.05, 3.63) is 76.8 Å². The number of carbonyl (C=O) groups is 1. The smallest absolute Gasteiger partial charge is 0.229 e. The number of amides is 1. The standard InChI is InChI=1S/C24H26N2OS/c1-17(2)19-10-8-18(9-11-19)15-26(22-12-13-22)23(27)14-21-16-28-24(25-21)20-6-4-3-5-7-20/h3-11,16-17,22H,12-15H2,1-2H3. The van der Waals surface area contributed by atoms with Gasteiger partial charge in [0.2, 0.25) is 5.91 Å². The molecule has 1 amide bonds. The van der Waals surface area contributed by atoms with Crippen molar-refractivity contribution in [3.8, 4) is 10.6 Å². The first-order valence-corrected chi connectivity index (χ1v) is 10.9. The molecule has 0 unspecified atom stereocenters. The summed E-state index contributed by atoms with van der Waals surface area (Å²) in [5, 5.41) is 2.99. The molecule has 1 heterocycles. The molecule has 4 rings (SSSR count). The van der Waals surface area contributed by atoms with Crippen LogP contribution < -0.4 is 0 Å². The number of aromatic nitrogens is 1. The van der Waals surface area contributed by atoms with E-state index in [1.54, 1.807) is 11.3 Å². The van der Waals surface area contributed by atoms with Crippen LogP contribution in [-0.4, -0.2) is 21.8 Å². The van der Waals surface area contributed by atoms with Gasteiger partial charge in [-0.15, -0.1) is 11.3 Å². The SMILES string of the molecule is CC(C)c1ccc(CN(C(=O)Cc2csc(-c3ccccc3)n2)C2CC2)cc1. The van der Waals surface area contributed by atoms with E-state index in [2.05, 4.69) is 50.2 Å². The number of rotatable bonds is 7. The Labute approximate surface area is 171 Å². The predicted octanol–water partition coefficient (Wildman–Crippen LogP) is 5.67. The molecule has 0 aliphatic heterocycles. The fourth-order valence-corrected chi connectivity index (χ4v) is 4.20. The van der Waals surface area contributed by atoms with E-state index in [1.165, 1.54) is 11.1 Å². The highest BCUT2D eigenvalue weighted by Crippen LogP contribution is 2.30. The summed E-state index contributed by atoms with van der Waals surface area (Å²) in [6.45, 7) is 5.09. The largest absolute Gasteiger partial charge is 0.335 e. The highest BCUT2D eigenvalue weighted by Gasteiger charge is 2.32. The van der Waals surface area contributed by atoms with Gasteiger partial charge in [0.15, 0.2) is 0 Å². The van der Waals surface area contributed by atoms with Gasteiger partial charge in [-0.2, -0.15) is 0 Å². The van der Waals surface area contributed by atoms with E-state index in [0.717, 1.165) is 29.1 Å². The molecule has 1 aliphatic carbocycles. The summed E-state index contributed by atoms with van der Waals surface area (Å²) in [4.78, 5) is 19.7. The lowest BCUT2D eigenvalue weighted by molar-refractivity contribution is -0.131. The Morgan fingerprint density at radius 3 is 2.46 bits per heavy atom. The van der Waals surface area contributed by atoms with Crippen LogP contribution in [0.4, 0.5) is 0 Å². The van der Waals surface area contributed by atoms with Crippen LogP contribution in [0.25, 0.3) is 10.6 Å². The first-order valence-electron chi connectivity index (χ1n) is 9.98. The lowest BCUT2D eigenvalue weighted by atomic mass is 10.0. The van der Waals surface area contributed by atoms with Crippen molar-refractivity contribution in [1.29, 1.82) is 0 Å². The maximum absolute atomic E-state index is 13.0. The van der Waals surface area contributed by atoms with E-state index >= 15 is 0 Å². The Morgan fingerprint density at radius 2 is 1.82 bits per heavy atom. The van der Waals surface area contributed by atoms with Gasteiger partial charge < -0.3 is 4.90 Å². The Bertz CT molecular complexity index is 927. The minimum atomic E-state index is 0.181. The van der Waals surface area contributed by atoms with Gasteiger partial charge in [-0.05, 0) is 29.9 Å². The zero-order valence-corrected chi connectivity index (χ0v) is 17.3. The maximum atomic E-state index is 13.0. The van der Waals surface area contributed by atoms with E-state index in [9.17, 15) is 4.79 Å². The molecule has 0 radical (unpaired) electrons. The second-order valence-corrected chi connectivity index (χ2v) is 8.69. The zero-order valence-electron chi connectivity index (χ0n) is 16.5. The molecule has 2 aromatic carbocycles. The molecule has 3 aromatic rings. The lowest BCUT2D eigenvalue weighted by Crippen LogP contribution is -2.33. The number of thiazole rings is 1. The number of nitrogens with zero attached hydrogens (tertiary/aromatic N) is 2. The van der Waals surface area contributed by atoms with Crippen molar-refractivity contribution in [2.75, 3.05) is 0 Å². The molecule has 4 heteroatoms. The molecule has 1 fully saturated rings. The van der Waals surface area contributed by atoms with Crippen LogP contribution in [-0.2, 0) is 17.8 Å². The number of hydrogen-bond donors (Lipinski definition) is 0. The van der Waals surface area contributed by atoms with Crippen molar-refractivity contribution in [2.45, 2.75) is 51.6 Å². The summed E-state index contributed by atoms with van der Waals surface area (Å²) in [6.07, 6.45) is 2.61. The van der Waals surface area contributed by atoms with Gasteiger partial charge in [0.05, 0.1) is 12.1 Å². The minimum Gasteiger partial charge on any atom is -0.335 e. The molecule has 1 aromatic heterocycles. The van der Waals surface area contributed by atoms with Crippen LogP contribution >= 0.6 is 11.3 Å². The third-order valence-corrected chi connectivity index (χ3v) is 6.15. The van der Waals surface area contributed by atoms with Crippen LogP contribution in [0.2, 0.25) is 0 Å². The fraction of sp³-hybridized carbons (Fsp3) is 0.333. The van der Waals surface area contributed by atoms with E-state index in [4.69, 9.17) is 4.98 Å². The molecule has 0 N–H and O–H groups in total. The average Bonchev–Trinajstić information content (AvgIpc) is 3.45. The summed E-state index contributed by atoms with van der Waals surface area (Å²) >= 11 is 1.61. The van der Waals surface area contributed by atoms with Crippen LogP contribution in [0, 0.1) is 0 Å². The lowest BCUT2D eigenvalue weighted by Gasteiger charge is -2.22. The van der Waals surface area contributed by atoms with Crippen LogP contribution in [0.5, 0.6) is 0 Å². The molecule has 0 saturated heterocycles. The van der Waals surface area contributed by atoms with Crippen LogP contribution in [0.3, 0.4) is 0 Å². The quantitative estimate of drug-likeness (QED) is 0.521. The average molecular weight is 391 g/mol. The number of benzene rings is 2. The molecule has 1 aliphatic rings. The van der Waals surface area contributed by atoms with Crippen molar-refractivity contribution in [3.63, 3.8) is 0 Å². The molecular formula is C24H26N2OS. The molecule has 28 heavy (non-hydrogen) atoms. The number of carbonyl (C=O) groups excluding carboxylic acids is 1. The Kier molecular flexibility index (Phi) is 5.58. The van der Waals surface area contributed by atoms with Gasteiger partial charge in [0.25, 0.3) is 0 Å². The molecule has 0 atom stereocenters. The number of hydrogen-bond acceptors (Lipinski definition) is 3. The van der Waals surface area contributed by atoms with Crippen LogP contribution in [0.1, 0.15) is 49.4 Å². The van der Waals surface area contributed by atoms with Crippen LogP contribution in [0.15, 0.2) is 60.0 Å². The third kappa shape index (κ3) is 4.50. The second-order valence-electron chi connectivity index (χ2n) is 7.84. The Hall–Kier alpha value is -2.46. The molecular weight excluding hydrogens is 364 g/mol. The summed E-state index contributed by atoms with van der Waals surface area (Å²) < 4.78 is 0. The summed E-state index contributed by atoms with van der Waals surface area (Å²) in [5.41, 5.74) is 4.52. The predicted molar refractivity (Wildman–Crippen MR) is 115 cm³/mol. The third-order valence-electron chi connectivity index (χ3n) is 5.21. The van der Waals surface area contributed by atoms with E-state index in [0.29, 0.717) is 24.9 Å². The van der Waals surface area contributed by atoms with Gasteiger partial charge in [0, 0.05) is 23.5 Å².